The lowest BCUT2D eigenvalue weighted by atomic mass is 10.1. The second-order valence-electron chi connectivity index (χ2n) is 4.18. The summed E-state index contributed by atoms with van der Waals surface area (Å²) >= 11 is 1.15. The van der Waals surface area contributed by atoms with Crippen LogP contribution >= 0.6 is 11.3 Å². The molecule has 6 heteroatoms. The molecule has 1 rings (SSSR count). The minimum Gasteiger partial charge on any atom is -0.462 e. The fourth-order valence-corrected chi connectivity index (χ4v) is 2.61. The number of nitrogens with zero attached hydrogens (tertiary/aromatic N) is 1. The quantitative estimate of drug-likeness (QED) is 0.649. The van der Waals surface area contributed by atoms with Crippen LogP contribution in [0.15, 0.2) is 0 Å². The Kier molecular flexibility index (Phi) is 4.86. The van der Waals surface area contributed by atoms with E-state index in [1.54, 1.807) is 18.7 Å². The maximum Gasteiger partial charge on any atom is 0.341 e. The Labute approximate surface area is 111 Å². The van der Waals surface area contributed by atoms with Gasteiger partial charge in [0.1, 0.15) is 5.00 Å². The second-order valence-corrected chi connectivity index (χ2v) is 5.23. The Morgan fingerprint density at radius 2 is 2.00 bits per heavy atom. The van der Waals surface area contributed by atoms with E-state index in [1.165, 1.54) is 0 Å². The van der Waals surface area contributed by atoms with Crippen LogP contribution in [0, 0.1) is 6.92 Å². The Morgan fingerprint density at radius 1 is 1.39 bits per heavy atom. The van der Waals surface area contributed by atoms with Crippen molar-refractivity contribution in [3.63, 3.8) is 0 Å². The summed E-state index contributed by atoms with van der Waals surface area (Å²) in [5.41, 5.74) is 6.73. The molecule has 0 saturated heterocycles. The van der Waals surface area contributed by atoms with Gasteiger partial charge in [0.05, 0.1) is 23.6 Å². The van der Waals surface area contributed by atoms with Gasteiger partial charge in [-0.2, -0.15) is 0 Å². The highest BCUT2D eigenvalue weighted by Gasteiger charge is 2.24. The zero-order chi connectivity index (χ0) is 13.9. The van der Waals surface area contributed by atoms with Crippen molar-refractivity contribution in [3.05, 3.63) is 16.0 Å². The highest BCUT2D eigenvalue weighted by Crippen LogP contribution is 2.31. The predicted octanol–water partition coefficient (Wildman–Crippen LogP) is 1.56. The molecule has 0 radical (unpaired) electrons. The molecule has 0 aliphatic carbocycles. The molecule has 0 amide bonds. The van der Waals surface area contributed by atoms with Crippen LogP contribution in [-0.4, -0.2) is 43.9 Å². The summed E-state index contributed by atoms with van der Waals surface area (Å²) in [6.45, 7) is 4.04. The van der Waals surface area contributed by atoms with Gasteiger partial charge in [0.25, 0.3) is 0 Å². The number of Topliss-reactive ketones (excluding diaryl/α,β-unsaturated/α-hetero) is 1. The molecule has 0 aliphatic rings. The maximum atomic E-state index is 12.0. The molecule has 0 saturated carbocycles. The molecule has 1 heterocycles. The maximum absolute atomic E-state index is 12.0. The number of rotatable bonds is 5. The molecule has 0 aromatic carbocycles. The minimum absolute atomic E-state index is 0.0373. The normalized spacial score (nSPS) is 10.7. The molecule has 0 fully saturated rings. The molecular weight excluding hydrogens is 252 g/mol. The number of likely N-dealkylation sites (N-methyl/N-ethyl adjacent to an activating group) is 1. The molecule has 5 nitrogen and oxygen atoms in total. The number of anilines is 1. The van der Waals surface area contributed by atoms with Crippen molar-refractivity contribution in [2.75, 3.05) is 33.0 Å². The molecule has 2 N–H and O–H groups in total. The molecule has 1 aromatic rings. The zero-order valence-corrected chi connectivity index (χ0v) is 11.9. The summed E-state index contributed by atoms with van der Waals surface area (Å²) in [4.78, 5) is 26.0. The standard InChI is InChI=1S/C12H18N2O3S/c1-5-17-12(16)9-7(2)10(18-11(9)13)8(15)6-14(3)4/h5-6,13H2,1-4H3. The highest BCUT2D eigenvalue weighted by atomic mass is 32.1. The van der Waals surface area contributed by atoms with Gasteiger partial charge >= 0.3 is 5.97 Å². The van der Waals surface area contributed by atoms with Crippen molar-refractivity contribution in [1.82, 2.24) is 4.90 Å². The topological polar surface area (TPSA) is 72.6 Å². The van der Waals surface area contributed by atoms with E-state index in [2.05, 4.69) is 0 Å². The molecule has 0 unspecified atom stereocenters. The number of ether oxygens (including phenoxy) is 1. The number of ketones is 1. The van der Waals surface area contributed by atoms with Crippen molar-refractivity contribution >= 4 is 28.1 Å². The largest absolute Gasteiger partial charge is 0.462 e. The number of hydrogen-bond acceptors (Lipinski definition) is 6. The summed E-state index contributed by atoms with van der Waals surface area (Å²) < 4.78 is 4.93. The van der Waals surface area contributed by atoms with Crippen LogP contribution in [0.25, 0.3) is 0 Å². The number of nitrogens with two attached hydrogens (primary N) is 1. The van der Waals surface area contributed by atoms with Crippen molar-refractivity contribution in [1.29, 1.82) is 0 Å². The molecule has 100 valence electrons. The van der Waals surface area contributed by atoms with Crippen LogP contribution in [0.5, 0.6) is 0 Å². The van der Waals surface area contributed by atoms with E-state index in [0.717, 1.165) is 11.3 Å². The second kappa shape index (κ2) is 5.97. The van der Waals surface area contributed by atoms with E-state index in [9.17, 15) is 9.59 Å². The van der Waals surface area contributed by atoms with E-state index in [0.29, 0.717) is 27.5 Å². The number of carbonyl (C=O) groups is 2. The predicted molar refractivity (Wildman–Crippen MR) is 72.3 cm³/mol. The zero-order valence-electron chi connectivity index (χ0n) is 11.1. The first-order valence-electron chi connectivity index (χ1n) is 5.62. The average Bonchev–Trinajstić information content (AvgIpc) is 2.53. The van der Waals surface area contributed by atoms with Crippen LogP contribution in [0.2, 0.25) is 0 Å². The summed E-state index contributed by atoms with van der Waals surface area (Å²) in [6.07, 6.45) is 0. The van der Waals surface area contributed by atoms with E-state index in [4.69, 9.17) is 10.5 Å². The third-order valence-corrected chi connectivity index (χ3v) is 3.53. The van der Waals surface area contributed by atoms with Crippen molar-refractivity contribution in [3.8, 4) is 0 Å². The Balaban J connectivity index is 3.07. The first kappa shape index (κ1) is 14.7. The summed E-state index contributed by atoms with van der Waals surface area (Å²) in [7, 11) is 3.63. The molecule has 0 bridgehead atoms. The van der Waals surface area contributed by atoms with Gasteiger partial charge in [-0.15, -0.1) is 11.3 Å². The number of nitrogen functional groups attached to an aromatic ring is 1. The Morgan fingerprint density at radius 3 is 2.50 bits per heavy atom. The molecule has 0 aliphatic heterocycles. The van der Waals surface area contributed by atoms with Crippen molar-refractivity contribution < 1.29 is 14.3 Å². The number of thiophene rings is 1. The van der Waals surface area contributed by atoms with Crippen LogP contribution in [0.1, 0.15) is 32.5 Å². The smallest absolute Gasteiger partial charge is 0.341 e. The molecule has 0 spiro atoms. The average molecular weight is 270 g/mol. The third kappa shape index (κ3) is 3.08. The Bertz CT molecular complexity index is 466. The van der Waals surface area contributed by atoms with Gasteiger partial charge in [0, 0.05) is 0 Å². The molecular formula is C12H18N2O3S. The summed E-state index contributed by atoms with van der Waals surface area (Å²) in [6, 6.07) is 0. The van der Waals surface area contributed by atoms with Gasteiger partial charge < -0.3 is 15.4 Å². The van der Waals surface area contributed by atoms with Gasteiger partial charge in [0.2, 0.25) is 0 Å². The van der Waals surface area contributed by atoms with Crippen LogP contribution in [0.3, 0.4) is 0 Å². The van der Waals surface area contributed by atoms with Gasteiger partial charge in [0.15, 0.2) is 5.78 Å². The van der Waals surface area contributed by atoms with Gasteiger partial charge in [-0.1, -0.05) is 0 Å². The van der Waals surface area contributed by atoms with Crippen LogP contribution in [0.4, 0.5) is 5.00 Å². The van der Waals surface area contributed by atoms with Gasteiger partial charge in [-0.05, 0) is 33.5 Å². The fraction of sp³-hybridized carbons (Fsp3) is 0.500. The van der Waals surface area contributed by atoms with E-state index >= 15 is 0 Å². The van der Waals surface area contributed by atoms with Gasteiger partial charge in [-0.3, -0.25) is 4.79 Å². The number of esters is 1. The van der Waals surface area contributed by atoms with E-state index in [-0.39, 0.29) is 12.4 Å². The third-order valence-electron chi connectivity index (χ3n) is 2.37. The lowest BCUT2D eigenvalue weighted by Crippen LogP contribution is -2.21. The first-order chi connectivity index (χ1) is 8.38. The lowest BCUT2D eigenvalue weighted by molar-refractivity contribution is 0.0527. The molecule has 1 aromatic heterocycles. The van der Waals surface area contributed by atoms with E-state index in [1.807, 2.05) is 14.1 Å². The SMILES string of the molecule is CCOC(=O)c1c(N)sc(C(=O)CN(C)C)c1C. The lowest BCUT2D eigenvalue weighted by Gasteiger charge is -2.07. The first-order valence-corrected chi connectivity index (χ1v) is 6.44. The van der Waals surface area contributed by atoms with Crippen molar-refractivity contribution in [2.24, 2.45) is 0 Å². The number of hydrogen-bond donors (Lipinski definition) is 1. The molecule has 18 heavy (non-hydrogen) atoms. The monoisotopic (exact) mass is 270 g/mol. The fourth-order valence-electron chi connectivity index (χ4n) is 1.62. The summed E-state index contributed by atoms with van der Waals surface area (Å²) in [5.74, 6) is -0.502. The molecule has 0 atom stereocenters. The van der Waals surface area contributed by atoms with E-state index < -0.39 is 5.97 Å². The minimum atomic E-state index is -0.465. The number of carbonyl (C=O) groups excluding carboxylic acids is 2. The van der Waals surface area contributed by atoms with Crippen LogP contribution < -0.4 is 5.73 Å². The highest BCUT2D eigenvalue weighted by molar-refractivity contribution is 7.18. The Hall–Kier alpha value is -1.40. The van der Waals surface area contributed by atoms with Crippen molar-refractivity contribution in [2.45, 2.75) is 13.8 Å². The summed E-state index contributed by atoms with van der Waals surface area (Å²) in [5, 5.41) is 0.341. The van der Waals surface area contributed by atoms with Gasteiger partial charge in [-0.25, -0.2) is 4.79 Å². The van der Waals surface area contributed by atoms with Crippen LogP contribution in [-0.2, 0) is 4.74 Å².